The summed E-state index contributed by atoms with van der Waals surface area (Å²) in [7, 11) is 1.66. The van der Waals surface area contributed by atoms with E-state index in [4.69, 9.17) is 9.47 Å². The van der Waals surface area contributed by atoms with Crippen LogP contribution in [0.5, 0.6) is 0 Å². The maximum atomic E-state index is 13.4. The Labute approximate surface area is 194 Å². The molecule has 0 N–H and O–H groups in total. The van der Waals surface area contributed by atoms with Crippen LogP contribution in [0.25, 0.3) is 11.0 Å². The second-order valence-corrected chi connectivity index (χ2v) is 8.58. The zero-order valence-corrected chi connectivity index (χ0v) is 20.3. The number of carbonyl (C=O) groups is 1. The van der Waals surface area contributed by atoms with Gasteiger partial charge in [0.05, 0.1) is 29.9 Å². The Morgan fingerprint density at radius 3 is 2.41 bits per heavy atom. The van der Waals surface area contributed by atoms with E-state index in [1.165, 1.54) is 12.1 Å². The van der Waals surface area contributed by atoms with E-state index < -0.39 is 11.7 Å². The largest absolute Gasteiger partial charge is 0.443 e. The summed E-state index contributed by atoms with van der Waals surface area (Å²) in [5, 5.41) is 0. The Bertz CT molecular complexity index is 1070. The average Bonchev–Trinajstić information content (AvgIpc) is 2.95. The van der Waals surface area contributed by atoms with Crippen LogP contribution in [0, 0.1) is 19.7 Å². The molecule has 2 heterocycles. The molecular formula is C24H31ClFN3O3. The number of hydrogen-bond donors (Lipinski definition) is 0. The van der Waals surface area contributed by atoms with Crippen molar-refractivity contribution in [2.24, 2.45) is 0 Å². The first-order valence-electron chi connectivity index (χ1n) is 10.3. The van der Waals surface area contributed by atoms with Crippen LogP contribution in [-0.2, 0) is 22.6 Å². The van der Waals surface area contributed by atoms with E-state index in [9.17, 15) is 9.18 Å². The van der Waals surface area contributed by atoms with Crippen molar-refractivity contribution in [3.8, 4) is 0 Å². The molecule has 0 aliphatic rings. The van der Waals surface area contributed by atoms with Gasteiger partial charge in [-0.1, -0.05) is 12.1 Å². The molecule has 1 aromatic carbocycles. The smallest absolute Gasteiger partial charge is 0.415 e. The summed E-state index contributed by atoms with van der Waals surface area (Å²) < 4.78 is 26.6. The van der Waals surface area contributed by atoms with Gasteiger partial charge in [0.25, 0.3) is 0 Å². The van der Waals surface area contributed by atoms with Crippen LogP contribution in [-0.4, -0.2) is 35.0 Å². The van der Waals surface area contributed by atoms with Crippen LogP contribution >= 0.6 is 12.4 Å². The molecule has 0 fully saturated rings. The molecule has 0 unspecified atom stereocenters. The van der Waals surface area contributed by atoms with Crippen molar-refractivity contribution >= 4 is 35.2 Å². The number of carbonyl (C=O) groups excluding carboxylic acids is 1. The van der Waals surface area contributed by atoms with E-state index in [1.807, 2.05) is 40.7 Å². The molecule has 1 amide bonds. The van der Waals surface area contributed by atoms with Crippen LogP contribution in [0.2, 0.25) is 0 Å². The lowest BCUT2D eigenvalue weighted by Gasteiger charge is -2.28. The van der Waals surface area contributed by atoms with Crippen molar-refractivity contribution in [3.05, 3.63) is 59.2 Å². The Morgan fingerprint density at radius 2 is 1.81 bits per heavy atom. The molecule has 0 spiro atoms. The topological polar surface area (TPSA) is 56.6 Å². The van der Waals surface area contributed by atoms with Crippen LogP contribution < -0.4 is 4.90 Å². The Balaban J connectivity index is 0.00000363. The normalized spacial score (nSPS) is 11.3. The molecule has 0 radical (unpaired) electrons. The second kappa shape index (κ2) is 10.3. The first-order chi connectivity index (χ1) is 14.6. The maximum Gasteiger partial charge on any atom is 0.415 e. The summed E-state index contributed by atoms with van der Waals surface area (Å²) in [5.74, 6) is -0.321. The van der Waals surface area contributed by atoms with Crippen LogP contribution in [0.4, 0.5) is 14.9 Å². The number of aromatic nitrogens is 2. The predicted molar refractivity (Wildman–Crippen MR) is 127 cm³/mol. The van der Waals surface area contributed by atoms with Gasteiger partial charge in [-0.2, -0.15) is 0 Å². The standard InChI is InChI=1S/C24H30FN3O3.ClH/c1-16-17(2)27(13-14-30-6)22-20(11-12-26-21(16)22)28(23(29)31-24(3,4)5)15-18-7-9-19(25)10-8-18;/h7-12H,13-15H2,1-6H3;1H. The number of aryl methyl sites for hydroxylation is 1. The molecule has 0 bridgehead atoms. The SMILES string of the molecule is COCCn1c(C)c(C)c2nccc(N(Cc3ccc(F)cc3)C(=O)OC(C)(C)C)c21.Cl. The number of nitrogens with zero attached hydrogens (tertiary/aromatic N) is 3. The van der Waals surface area contributed by atoms with Gasteiger partial charge in [0.2, 0.25) is 0 Å². The number of amides is 1. The minimum absolute atomic E-state index is 0. The van der Waals surface area contributed by atoms with Gasteiger partial charge < -0.3 is 14.0 Å². The van der Waals surface area contributed by atoms with E-state index in [2.05, 4.69) is 9.55 Å². The number of pyridine rings is 1. The molecule has 0 saturated carbocycles. The molecule has 0 aliphatic carbocycles. The van der Waals surface area contributed by atoms with Gasteiger partial charge in [-0.05, 0) is 63.9 Å². The van der Waals surface area contributed by atoms with Gasteiger partial charge in [-0.3, -0.25) is 9.88 Å². The van der Waals surface area contributed by atoms with Gasteiger partial charge in [-0.25, -0.2) is 9.18 Å². The molecule has 174 valence electrons. The number of methoxy groups -OCH3 is 1. The van der Waals surface area contributed by atoms with E-state index in [1.54, 1.807) is 30.3 Å². The minimum atomic E-state index is -0.659. The fourth-order valence-corrected chi connectivity index (χ4v) is 3.54. The molecular weight excluding hydrogens is 433 g/mol. The van der Waals surface area contributed by atoms with E-state index in [-0.39, 0.29) is 24.8 Å². The number of halogens is 2. The van der Waals surface area contributed by atoms with Crippen molar-refractivity contribution in [1.82, 2.24) is 9.55 Å². The zero-order valence-electron chi connectivity index (χ0n) is 19.4. The molecule has 6 nitrogen and oxygen atoms in total. The third kappa shape index (κ3) is 5.58. The quantitative estimate of drug-likeness (QED) is 0.463. The highest BCUT2D eigenvalue weighted by Gasteiger charge is 2.27. The number of anilines is 1. The highest BCUT2D eigenvalue weighted by molar-refractivity contribution is 6.00. The summed E-state index contributed by atoms with van der Waals surface area (Å²) in [6.07, 6.45) is 1.23. The Kier molecular flexibility index (Phi) is 8.26. The van der Waals surface area contributed by atoms with Crippen LogP contribution in [0.3, 0.4) is 0 Å². The summed E-state index contributed by atoms with van der Waals surface area (Å²) in [6, 6.07) is 7.94. The lowest BCUT2D eigenvalue weighted by molar-refractivity contribution is 0.0578. The van der Waals surface area contributed by atoms with E-state index in [0.29, 0.717) is 18.8 Å². The van der Waals surface area contributed by atoms with Crippen molar-refractivity contribution < 1.29 is 18.7 Å². The minimum Gasteiger partial charge on any atom is -0.443 e. The van der Waals surface area contributed by atoms with Gasteiger partial charge >= 0.3 is 6.09 Å². The first kappa shape index (κ1) is 25.6. The monoisotopic (exact) mass is 463 g/mol. The average molecular weight is 464 g/mol. The molecule has 3 rings (SSSR count). The van der Waals surface area contributed by atoms with Crippen molar-refractivity contribution in [1.29, 1.82) is 0 Å². The summed E-state index contributed by atoms with van der Waals surface area (Å²) in [5.41, 5.74) is 4.63. The fraction of sp³-hybridized carbons (Fsp3) is 0.417. The lowest BCUT2D eigenvalue weighted by Crippen LogP contribution is -2.36. The number of ether oxygens (including phenoxy) is 2. The number of benzene rings is 1. The molecule has 32 heavy (non-hydrogen) atoms. The molecule has 0 atom stereocenters. The molecule has 3 aromatic rings. The fourth-order valence-electron chi connectivity index (χ4n) is 3.54. The molecule has 2 aromatic heterocycles. The highest BCUT2D eigenvalue weighted by atomic mass is 35.5. The van der Waals surface area contributed by atoms with Crippen LogP contribution in [0.1, 0.15) is 37.6 Å². The lowest BCUT2D eigenvalue weighted by atomic mass is 10.1. The van der Waals surface area contributed by atoms with Gasteiger partial charge in [0, 0.05) is 25.5 Å². The van der Waals surface area contributed by atoms with Gasteiger partial charge in [-0.15, -0.1) is 12.4 Å². The number of fused-ring (bicyclic) bond motifs is 1. The maximum absolute atomic E-state index is 13.4. The second-order valence-electron chi connectivity index (χ2n) is 8.58. The summed E-state index contributed by atoms with van der Waals surface area (Å²) in [4.78, 5) is 19.4. The Morgan fingerprint density at radius 1 is 1.16 bits per heavy atom. The van der Waals surface area contributed by atoms with E-state index >= 15 is 0 Å². The highest BCUT2D eigenvalue weighted by Crippen LogP contribution is 2.33. The van der Waals surface area contributed by atoms with Gasteiger partial charge in [0.15, 0.2) is 0 Å². The zero-order chi connectivity index (χ0) is 22.8. The Hall–Kier alpha value is -2.64. The molecule has 0 saturated heterocycles. The van der Waals surface area contributed by atoms with Crippen molar-refractivity contribution in [2.45, 2.75) is 53.3 Å². The van der Waals surface area contributed by atoms with Crippen LogP contribution in [0.15, 0.2) is 36.5 Å². The predicted octanol–water partition coefficient (Wildman–Crippen LogP) is 5.80. The summed E-state index contributed by atoms with van der Waals surface area (Å²) >= 11 is 0. The summed E-state index contributed by atoms with van der Waals surface area (Å²) in [6.45, 7) is 11.0. The number of rotatable bonds is 6. The molecule has 0 aliphatic heterocycles. The number of hydrogen-bond acceptors (Lipinski definition) is 4. The van der Waals surface area contributed by atoms with Crippen molar-refractivity contribution in [2.75, 3.05) is 18.6 Å². The third-order valence-electron chi connectivity index (χ3n) is 5.15. The van der Waals surface area contributed by atoms with Crippen molar-refractivity contribution in [3.63, 3.8) is 0 Å². The first-order valence-corrected chi connectivity index (χ1v) is 10.3. The van der Waals surface area contributed by atoms with Gasteiger partial charge in [0.1, 0.15) is 11.4 Å². The van der Waals surface area contributed by atoms with E-state index in [0.717, 1.165) is 27.9 Å². The third-order valence-corrected chi connectivity index (χ3v) is 5.15. The molecule has 8 heteroatoms.